The molecule has 86 valence electrons. The van der Waals surface area contributed by atoms with E-state index in [1.807, 2.05) is 6.92 Å². The Morgan fingerprint density at radius 3 is 2.40 bits per heavy atom. The fraction of sp³-hybridized carbons (Fsp3) is 0.600. The summed E-state index contributed by atoms with van der Waals surface area (Å²) in [6, 6.07) is 0. The van der Waals surface area contributed by atoms with Crippen LogP contribution in [0, 0.1) is 0 Å². The molecule has 0 saturated heterocycles. The molecule has 5 heteroatoms. The van der Waals surface area contributed by atoms with Crippen LogP contribution in [0.4, 0.5) is 4.79 Å². The zero-order chi connectivity index (χ0) is 11.7. The van der Waals surface area contributed by atoms with Crippen LogP contribution in [-0.2, 0) is 14.3 Å². The van der Waals surface area contributed by atoms with Gasteiger partial charge in [0.25, 0.3) is 0 Å². The number of nitrogens with one attached hydrogen (secondary N) is 1. The summed E-state index contributed by atoms with van der Waals surface area (Å²) in [5.74, 6) is -0.479. The largest absolute Gasteiger partial charge is 0.459 e. The average Bonchev–Trinajstić information content (AvgIpc) is 2.20. The number of amides is 1. The predicted molar refractivity (Wildman–Crippen MR) is 55.4 cm³/mol. The lowest BCUT2D eigenvalue weighted by molar-refractivity contribution is -0.139. The van der Waals surface area contributed by atoms with Crippen molar-refractivity contribution >= 4 is 12.1 Å². The van der Waals surface area contributed by atoms with Gasteiger partial charge in [-0.3, -0.25) is 0 Å². The zero-order valence-corrected chi connectivity index (χ0v) is 9.17. The summed E-state index contributed by atoms with van der Waals surface area (Å²) in [5.41, 5.74) is 0.324. The third-order valence-electron chi connectivity index (χ3n) is 1.42. The molecule has 1 N–H and O–H groups in total. The second-order valence-electron chi connectivity index (χ2n) is 2.98. The number of carbonyl (C=O) groups is 2. The van der Waals surface area contributed by atoms with Crippen LogP contribution in [0.5, 0.6) is 0 Å². The monoisotopic (exact) mass is 215 g/mol. The Balaban J connectivity index is 3.42. The van der Waals surface area contributed by atoms with Crippen molar-refractivity contribution in [3.8, 4) is 0 Å². The fourth-order valence-electron chi connectivity index (χ4n) is 0.670. The standard InChI is InChI=1S/C10H17NO4/c1-4-5-11-10(13)15-7-6-14-9(12)8(2)3/h2,4-7H2,1,3H3,(H,11,13). The van der Waals surface area contributed by atoms with Crippen LogP contribution in [0.15, 0.2) is 12.2 Å². The maximum absolute atomic E-state index is 10.9. The Bertz CT molecular complexity index is 238. The minimum Gasteiger partial charge on any atom is -0.459 e. The molecule has 5 nitrogen and oxygen atoms in total. The van der Waals surface area contributed by atoms with Crippen LogP contribution in [0.2, 0.25) is 0 Å². The number of carbonyl (C=O) groups excluding carboxylic acids is 2. The molecule has 0 radical (unpaired) electrons. The van der Waals surface area contributed by atoms with Crippen molar-refractivity contribution in [1.29, 1.82) is 0 Å². The number of alkyl carbamates (subject to hydrolysis) is 1. The van der Waals surface area contributed by atoms with E-state index >= 15 is 0 Å². The summed E-state index contributed by atoms with van der Waals surface area (Å²) in [5, 5.41) is 2.52. The maximum atomic E-state index is 10.9. The molecule has 0 fully saturated rings. The smallest absolute Gasteiger partial charge is 0.407 e. The van der Waals surface area contributed by atoms with Gasteiger partial charge < -0.3 is 14.8 Å². The van der Waals surface area contributed by atoms with Crippen LogP contribution in [-0.4, -0.2) is 31.8 Å². The molecule has 15 heavy (non-hydrogen) atoms. The van der Waals surface area contributed by atoms with E-state index in [1.165, 1.54) is 0 Å². The molecule has 0 unspecified atom stereocenters. The second-order valence-corrected chi connectivity index (χ2v) is 2.98. The van der Waals surface area contributed by atoms with E-state index in [2.05, 4.69) is 11.9 Å². The lowest BCUT2D eigenvalue weighted by Gasteiger charge is -2.06. The molecule has 0 saturated carbocycles. The Kier molecular flexibility index (Phi) is 7.05. The summed E-state index contributed by atoms with van der Waals surface area (Å²) in [4.78, 5) is 21.8. The van der Waals surface area contributed by atoms with Crippen molar-refractivity contribution in [2.75, 3.05) is 19.8 Å². The van der Waals surface area contributed by atoms with E-state index in [1.54, 1.807) is 6.92 Å². The van der Waals surface area contributed by atoms with E-state index in [-0.39, 0.29) is 13.2 Å². The minimum atomic E-state index is -0.497. The van der Waals surface area contributed by atoms with E-state index < -0.39 is 12.1 Å². The highest BCUT2D eigenvalue weighted by atomic mass is 16.6. The van der Waals surface area contributed by atoms with Crippen molar-refractivity contribution in [3.05, 3.63) is 12.2 Å². The van der Waals surface area contributed by atoms with Gasteiger partial charge in [0, 0.05) is 12.1 Å². The van der Waals surface area contributed by atoms with Gasteiger partial charge in [-0.05, 0) is 13.3 Å². The molecule has 0 atom stereocenters. The molecule has 0 bridgehead atoms. The Morgan fingerprint density at radius 2 is 1.87 bits per heavy atom. The first-order valence-corrected chi connectivity index (χ1v) is 4.81. The summed E-state index contributed by atoms with van der Waals surface area (Å²) in [6.45, 7) is 7.58. The normalized spacial score (nSPS) is 9.20. The highest BCUT2D eigenvalue weighted by molar-refractivity contribution is 5.86. The van der Waals surface area contributed by atoms with Crippen molar-refractivity contribution < 1.29 is 19.1 Å². The van der Waals surface area contributed by atoms with Crippen LogP contribution in [0.25, 0.3) is 0 Å². The summed E-state index contributed by atoms with van der Waals surface area (Å²) in [7, 11) is 0. The molecule has 0 aliphatic rings. The van der Waals surface area contributed by atoms with Crippen molar-refractivity contribution in [1.82, 2.24) is 5.32 Å². The molecule has 0 spiro atoms. The third kappa shape index (κ3) is 7.54. The first-order chi connectivity index (χ1) is 7.07. The molecular weight excluding hydrogens is 198 g/mol. The van der Waals surface area contributed by atoms with Crippen LogP contribution in [0.3, 0.4) is 0 Å². The number of hydrogen-bond acceptors (Lipinski definition) is 4. The molecule has 1 amide bonds. The highest BCUT2D eigenvalue weighted by Crippen LogP contribution is 1.91. The zero-order valence-electron chi connectivity index (χ0n) is 9.17. The predicted octanol–water partition coefficient (Wildman–Crippen LogP) is 1.24. The molecule has 0 aliphatic heterocycles. The quantitative estimate of drug-likeness (QED) is 0.411. The first-order valence-electron chi connectivity index (χ1n) is 4.81. The molecule has 0 aromatic heterocycles. The number of rotatable bonds is 6. The number of esters is 1. The van der Waals surface area contributed by atoms with Crippen molar-refractivity contribution in [3.63, 3.8) is 0 Å². The van der Waals surface area contributed by atoms with Crippen molar-refractivity contribution in [2.24, 2.45) is 0 Å². The van der Waals surface area contributed by atoms with Crippen LogP contribution in [0.1, 0.15) is 20.3 Å². The summed E-state index contributed by atoms with van der Waals surface area (Å²) in [6.07, 6.45) is 0.350. The van der Waals surface area contributed by atoms with Crippen LogP contribution >= 0.6 is 0 Å². The van der Waals surface area contributed by atoms with Gasteiger partial charge in [0.15, 0.2) is 0 Å². The van der Waals surface area contributed by atoms with E-state index in [4.69, 9.17) is 9.47 Å². The topological polar surface area (TPSA) is 64.6 Å². The molecule has 0 aromatic carbocycles. The molecule has 0 heterocycles. The fourth-order valence-corrected chi connectivity index (χ4v) is 0.670. The minimum absolute atomic E-state index is 0.0469. The number of hydrogen-bond donors (Lipinski definition) is 1. The maximum Gasteiger partial charge on any atom is 0.407 e. The first kappa shape index (κ1) is 13.5. The SMILES string of the molecule is C=C(C)C(=O)OCCOC(=O)NCCC. The van der Waals surface area contributed by atoms with E-state index in [9.17, 15) is 9.59 Å². The van der Waals surface area contributed by atoms with Crippen LogP contribution < -0.4 is 5.32 Å². The van der Waals surface area contributed by atoms with Gasteiger partial charge in [-0.15, -0.1) is 0 Å². The second kappa shape index (κ2) is 7.84. The van der Waals surface area contributed by atoms with Gasteiger partial charge in [0.05, 0.1) is 0 Å². The lowest BCUT2D eigenvalue weighted by Crippen LogP contribution is -2.26. The van der Waals surface area contributed by atoms with E-state index in [0.717, 1.165) is 6.42 Å². The Hall–Kier alpha value is -1.52. The van der Waals surface area contributed by atoms with Gasteiger partial charge >= 0.3 is 12.1 Å². The summed E-state index contributed by atoms with van der Waals surface area (Å²) < 4.78 is 9.43. The van der Waals surface area contributed by atoms with Gasteiger partial charge in [-0.2, -0.15) is 0 Å². The summed E-state index contributed by atoms with van der Waals surface area (Å²) >= 11 is 0. The number of ether oxygens (including phenoxy) is 2. The third-order valence-corrected chi connectivity index (χ3v) is 1.42. The van der Waals surface area contributed by atoms with Crippen molar-refractivity contribution in [2.45, 2.75) is 20.3 Å². The Morgan fingerprint density at radius 1 is 1.27 bits per heavy atom. The van der Waals surface area contributed by atoms with Gasteiger partial charge in [-0.25, -0.2) is 9.59 Å². The van der Waals surface area contributed by atoms with Gasteiger partial charge in [0.1, 0.15) is 13.2 Å². The van der Waals surface area contributed by atoms with Gasteiger partial charge in [-0.1, -0.05) is 13.5 Å². The van der Waals surface area contributed by atoms with E-state index in [0.29, 0.717) is 12.1 Å². The van der Waals surface area contributed by atoms with Gasteiger partial charge in [0.2, 0.25) is 0 Å². The lowest BCUT2D eigenvalue weighted by atomic mass is 10.4. The molecular formula is C10H17NO4. The molecule has 0 aliphatic carbocycles. The Labute approximate surface area is 89.4 Å². The molecule has 0 aromatic rings. The average molecular weight is 215 g/mol. The highest BCUT2D eigenvalue weighted by Gasteiger charge is 2.04. The molecule has 0 rings (SSSR count).